The number of aromatic nitrogens is 2. The summed E-state index contributed by atoms with van der Waals surface area (Å²) < 4.78 is 41.3. The van der Waals surface area contributed by atoms with Crippen molar-refractivity contribution in [2.75, 3.05) is 5.32 Å². The van der Waals surface area contributed by atoms with Crippen LogP contribution in [0.4, 0.5) is 18.9 Å². The molecule has 4 rings (SSSR count). The largest absolute Gasteiger partial charge is 0.435 e. The third kappa shape index (κ3) is 5.45. The Kier molecular flexibility index (Phi) is 7.17. The molecule has 1 aromatic heterocycles. The van der Waals surface area contributed by atoms with Crippen LogP contribution < -0.4 is 11.1 Å². The molecule has 182 valence electrons. The van der Waals surface area contributed by atoms with Gasteiger partial charge in [0, 0.05) is 30.6 Å². The van der Waals surface area contributed by atoms with Crippen molar-refractivity contribution in [2.45, 2.75) is 25.1 Å². The van der Waals surface area contributed by atoms with Gasteiger partial charge in [-0.3, -0.25) is 4.79 Å². The molecular formula is C27H22F3N5O. The summed E-state index contributed by atoms with van der Waals surface area (Å²) in [7, 11) is 0. The Morgan fingerprint density at radius 1 is 1.00 bits per heavy atom. The molecule has 9 heteroatoms. The van der Waals surface area contributed by atoms with Crippen LogP contribution in [0.2, 0.25) is 0 Å². The summed E-state index contributed by atoms with van der Waals surface area (Å²) in [5.41, 5.74) is 7.28. The SMILES string of the molecule is N#CCC(c1ccccc1)c1cccc(NC(=O)c2cc(C(F)(F)F)nn2-c2cccc(CN)c2)c1. The molecule has 0 fully saturated rings. The van der Waals surface area contributed by atoms with E-state index < -0.39 is 17.8 Å². The van der Waals surface area contributed by atoms with Gasteiger partial charge in [-0.25, -0.2) is 4.68 Å². The topological polar surface area (TPSA) is 96.7 Å². The maximum absolute atomic E-state index is 13.5. The Morgan fingerprint density at radius 2 is 1.72 bits per heavy atom. The molecule has 1 heterocycles. The number of carbonyl (C=O) groups excluding carboxylic acids is 1. The minimum absolute atomic E-state index is 0.181. The fourth-order valence-corrected chi connectivity index (χ4v) is 3.93. The molecule has 3 aromatic carbocycles. The summed E-state index contributed by atoms with van der Waals surface area (Å²) in [6, 6.07) is 25.8. The molecule has 0 spiro atoms. The maximum atomic E-state index is 13.5. The number of amides is 1. The minimum atomic E-state index is -4.73. The van der Waals surface area contributed by atoms with Crippen molar-refractivity contribution in [1.82, 2.24) is 9.78 Å². The van der Waals surface area contributed by atoms with Gasteiger partial charge in [0.25, 0.3) is 5.91 Å². The predicted molar refractivity (Wildman–Crippen MR) is 129 cm³/mol. The van der Waals surface area contributed by atoms with E-state index >= 15 is 0 Å². The standard InChI is InChI=1S/C27H22F3N5O/c28-27(29,30)25-16-24(35(34-25)22-11-4-6-18(14-22)17-32)26(36)33-21-10-5-9-20(15-21)23(12-13-31)19-7-2-1-3-8-19/h1-11,14-16,23H,12,17,32H2,(H,33,36). The first-order chi connectivity index (χ1) is 17.3. The fraction of sp³-hybridized carbons (Fsp3) is 0.148. The van der Waals surface area contributed by atoms with Crippen LogP contribution in [0.25, 0.3) is 5.69 Å². The molecule has 1 amide bonds. The number of nitrogens with one attached hydrogen (secondary N) is 1. The van der Waals surface area contributed by atoms with E-state index in [1.165, 1.54) is 0 Å². The van der Waals surface area contributed by atoms with Crippen LogP contribution in [0.3, 0.4) is 0 Å². The second kappa shape index (κ2) is 10.5. The van der Waals surface area contributed by atoms with Crippen LogP contribution in [0.5, 0.6) is 0 Å². The van der Waals surface area contributed by atoms with Crippen molar-refractivity contribution >= 4 is 11.6 Å². The average Bonchev–Trinajstić information content (AvgIpc) is 3.35. The molecule has 1 atom stereocenters. The molecule has 0 radical (unpaired) electrons. The van der Waals surface area contributed by atoms with E-state index in [1.807, 2.05) is 36.4 Å². The first-order valence-corrected chi connectivity index (χ1v) is 11.1. The van der Waals surface area contributed by atoms with E-state index in [0.717, 1.165) is 21.9 Å². The summed E-state index contributed by atoms with van der Waals surface area (Å²) >= 11 is 0. The molecule has 3 N–H and O–H groups in total. The molecule has 0 bridgehead atoms. The first-order valence-electron chi connectivity index (χ1n) is 11.1. The van der Waals surface area contributed by atoms with Gasteiger partial charge in [0.05, 0.1) is 11.8 Å². The summed E-state index contributed by atoms with van der Waals surface area (Å²) in [5, 5.41) is 15.7. The number of anilines is 1. The zero-order valence-corrected chi connectivity index (χ0v) is 19.0. The van der Waals surface area contributed by atoms with Crippen LogP contribution in [0.15, 0.2) is 84.9 Å². The van der Waals surface area contributed by atoms with Crippen LogP contribution in [0, 0.1) is 11.3 Å². The second-order valence-electron chi connectivity index (χ2n) is 8.10. The van der Waals surface area contributed by atoms with E-state index in [1.54, 1.807) is 42.5 Å². The number of benzene rings is 3. The Labute approximate surface area is 205 Å². The van der Waals surface area contributed by atoms with Crippen molar-refractivity contribution < 1.29 is 18.0 Å². The highest BCUT2D eigenvalue weighted by atomic mass is 19.4. The summed E-state index contributed by atoms with van der Waals surface area (Å²) in [6.45, 7) is 0.181. The lowest BCUT2D eigenvalue weighted by atomic mass is 9.89. The molecular weight excluding hydrogens is 467 g/mol. The molecule has 36 heavy (non-hydrogen) atoms. The van der Waals surface area contributed by atoms with Gasteiger partial charge in [0.15, 0.2) is 5.69 Å². The average molecular weight is 490 g/mol. The highest BCUT2D eigenvalue weighted by Crippen LogP contribution is 2.31. The van der Waals surface area contributed by atoms with Crippen molar-refractivity contribution in [3.05, 3.63) is 113 Å². The molecule has 0 aliphatic carbocycles. The zero-order chi connectivity index (χ0) is 25.7. The zero-order valence-electron chi connectivity index (χ0n) is 19.0. The van der Waals surface area contributed by atoms with Gasteiger partial charge in [0.1, 0.15) is 5.69 Å². The normalized spacial score (nSPS) is 12.1. The number of rotatable bonds is 7. The van der Waals surface area contributed by atoms with Crippen LogP contribution >= 0.6 is 0 Å². The third-order valence-electron chi connectivity index (χ3n) is 5.67. The van der Waals surface area contributed by atoms with Gasteiger partial charge < -0.3 is 11.1 Å². The fourth-order valence-electron chi connectivity index (χ4n) is 3.93. The third-order valence-corrected chi connectivity index (χ3v) is 5.67. The Bertz CT molecular complexity index is 1410. The molecule has 1 unspecified atom stereocenters. The van der Waals surface area contributed by atoms with Crippen molar-refractivity contribution in [3.63, 3.8) is 0 Å². The molecule has 0 saturated heterocycles. The number of nitrogens with two attached hydrogens (primary N) is 1. The number of hydrogen-bond acceptors (Lipinski definition) is 4. The molecule has 4 aromatic rings. The molecule has 0 saturated carbocycles. The number of halogens is 3. The van der Waals surface area contributed by atoms with Crippen molar-refractivity contribution in [2.24, 2.45) is 5.73 Å². The molecule has 6 nitrogen and oxygen atoms in total. The predicted octanol–water partition coefficient (Wildman–Crippen LogP) is 5.65. The second-order valence-corrected chi connectivity index (χ2v) is 8.10. The number of carbonyl (C=O) groups is 1. The first kappa shape index (κ1) is 24.7. The van der Waals surface area contributed by atoms with E-state index in [-0.39, 0.29) is 30.3 Å². The Balaban J connectivity index is 1.68. The van der Waals surface area contributed by atoms with Gasteiger partial charge in [-0.15, -0.1) is 0 Å². The van der Waals surface area contributed by atoms with Gasteiger partial charge in [-0.05, 0) is 41.0 Å². The number of hydrogen-bond donors (Lipinski definition) is 2. The van der Waals surface area contributed by atoms with E-state index in [0.29, 0.717) is 11.3 Å². The lowest BCUT2D eigenvalue weighted by Gasteiger charge is -2.16. The highest BCUT2D eigenvalue weighted by molar-refractivity contribution is 6.03. The lowest BCUT2D eigenvalue weighted by Crippen LogP contribution is -2.17. The van der Waals surface area contributed by atoms with Crippen LogP contribution in [0.1, 0.15) is 45.2 Å². The van der Waals surface area contributed by atoms with Gasteiger partial charge >= 0.3 is 6.18 Å². The van der Waals surface area contributed by atoms with Crippen molar-refractivity contribution in [3.8, 4) is 11.8 Å². The van der Waals surface area contributed by atoms with Crippen LogP contribution in [-0.2, 0) is 12.7 Å². The Hall–Kier alpha value is -4.42. The van der Waals surface area contributed by atoms with E-state index in [2.05, 4.69) is 16.5 Å². The monoisotopic (exact) mass is 489 g/mol. The van der Waals surface area contributed by atoms with Crippen LogP contribution in [-0.4, -0.2) is 15.7 Å². The summed E-state index contributed by atoms with van der Waals surface area (Å²) in [6.07, 6.45) is -4.51. The summed E-state index contributed by atoms with van der Waals surface area (Å²) in [5.74, 6) is -0.987. The van der Waals surface area contributed by atoms with Crippen molar-refractivity contribution in [1.29, 1.82) is 5.26 Å². The van der Waals surface area contributed by atoms with Gasteiger partial charge in [-0.2, -0.15) is 23.5 Å². The lowest BCUT2D eigenvalue weighted by molar-refractivity contribution is -0.141. The number of nitrogens with zero attached hydrogens (tertiary/aromatic N) is 3. The van der Waals surface area contributed by atoms with E-state index in [9.17, 15) is 23.2 Å². The molecule has 0 aliphatic heterocycles. The molecule has 0 aliphatic rings. The number of nitriles is 1. The smallest absolute Gasteiger partial charge is 0.326 e. The Morgan fingerprint density at radius 3 is 2.42 bits per heavy atom. The summed E-state index contributed by atoms with van der Waals surface area (Å²) in [4.78, 5) is 13.2. The van der Waals surface area contributed by atoms with Gasteiger partial charge in [-0.1, -0.05) is 54.6 Å². The maximum Gasteiger partial charge on any atom is 0.435 e. The highest BCUT2D eigenvalue weighted by Gasteiger charge is 2.36. The number of alkyl halides is 3. The van der Waals surface area contributed by atoms with Gasteiger partial charge in [0.2, 0.25) is 0 Å². The quantitative estimate of drug-likeness (QED) is 0.351. The van der Waals surface area contributed by atoms with E-state index in [4.69, 9.17) is 5.73 Å². The minimum Gasteiger partial charge on any atom is -0.326 e.